The Morgan fingerprint density at radius 2 is 2.32 bits per heavy atom. The molecule has 0 saturated carbocycles. The van der Waals surface area contributed by atoms with Gasteiger partial charge in [-0.3, -0.25) is 4.79 Å². The van der Waals surface area contributed by atoms with Gasteiger partial charge >= 0.3 is 0 Å². The molecule has 0 aliphatic rings. The SMILES string of the molecule is C=CCNC(=O)c1cc(C)nc2c1cnn2C(C)C. The Hall–Kier alpha value is -2.17. The van der Waals surface area contributed by atoms with E-state index in [1.54, 1.807) is 18.3 Å². The van der Waals surface area contributed by atoms with Crippen LogP contribution in [0.3, 0.4) is 0 Å². The van der Waals surface area contributed by atoms with E-state index >= 15 is 0 Å². The highest BCUT2D eigenvalue weighted by Crippen LogP contribution is 2.20. The first-order chi connectivity index (χ1) is 9.04. The molecule has 5 nitrogen and oxygen atoms in total. The fourth-order valence-corrected chi connectivity index (χ4v) is 1.97. The molecule has 2 aromatic heterocycles. The number of pyridine rings is 1. The number of aryl methyl sites for hydroxylation is 1. The van der Waals surface area contributed by atoms with E-state index in [4.69, 9.17) is 0 Å². The van der Waals surface area contributed by atoms with E-state index in [0.29, 0.717) is 12.1 Å². The summed E-state index contributed by atoms with van der Waals surface area (Å²) in [7, 11) is 0. The van der Waals surface area contributed by atoms with Crippen molar-refractivity contribution in [2.75, 3.05) is 6.54 Å². The third-order valence-electron chi connectivity index (χ3n) is 2.84. The van der Waals surface area contributed by atoms with Crippen LogP contribution in [0.2, 0.25) is 0 Å². The Bertz CT molecular complexity index is 628. The van der Waals surface area contributed by atoms with Crippen molar-refractivity contribution in [2.24, 2.45) is 0 Å². The molecule has 0 aliphatic heterocycles. The fourth-order valence-electron chi connectivity index (χ4n) is 1.97. The van der Waals surface area contributed by atoms with Crippen LogP contribution >= 0.6 is 0 Å². The predicted octanol–water partition coefficient (Wildman–Crippen LogP) is 2.24. The largest absolute Gasteiger partial charge is 0.349 e. The summed E-state index contributed by atoms with van der Waals surface area (Å²) in [6.07, 6.45) is 3.35. The Kier molecular flexibility index (Phi) is 3.64. The van der Waals surface area contributed by atoms with E-state index in [0.717, 1.165) is 16.7 Å². The summed E-state index contributed by atoms with van der Waals surface area (Å²) < 4.78 is 1.83. The van der Waals surface area contributed by atoms with Crippen molar-refractivity contribution >= 4 is 16.9 Å². The zero-order chi connectivity index (χ0) is 14.0. The maximum Gasteiger partial charge on any atom is 0.252 e. The molecular formula is C14H18N4O. The van der Waals surface area contributed by atoms with Gasteiger partial charge in [0, 0.05) is 18.3 Å². The highest BCUT2D eigenvalue weighted by molar-refractivity contribution is 6.05. The third kappa shape index (κ3) is 2.50. The number of carbonyl (C=O) groups excluding carboxylic acids is 1. The number of amides is 1. The van der Waals surface area contributed by atoms with Gasteiger partial charge in [-0.15, -0.1) is 6.58 Å². The van der Waals surface area contributed by atoms with Gasteiger partial charge in [0.15, 0.2) is 5.65 Å². The lowest BCUT2D eigenvalue weighted by molar-refractivity contribution is 0.0959. The molecule has 2 aromatic rings. The molecule has 0 saturated heterocycles. The summed E-state index contributed by atoms with van der Waals surface area (Å²) in [5.74, 6) is -0.126. The topological polar surface area (TPSA) is 59.8 Å². The molecule has 2 heterocycles. The van der Waals surface area contributed by atoms with Crippen molar-refractivity contribution in [2.45, 2.75) is 26.8 Å². The normalized spacial score (nSPS) is 10.9. The molecular weight excluding hydrogens is 240 g/mol. The molecule has 0 radical (unpaired) electrons. The second-order valence-corrected chi connectivity index (χ2v) is 4.73. The van der Waals surface area contributed by atoms with Gasteiger partial charge in [-0.05, 0) is 26.8 Å². The molecule has 100 valence electrons. The van der Waals surface area contributed by atoms with E-state index in [2.05, 4.69) is 22.0 Å². The highest BCUT2D eigenvalue weighted by atomic mass is 16.1. The van der Waals surface area contributed by atoms with Gasteiger partial charge in [0.05, 0.1) is 17.1 Å². The van der Waals surface area contributed by atoms with Gasteiger partial charge in [-0.2, -0.15) is 5.10 Å². The monoisotopic (exact) mass is 258 g/mol. The van der Waals surface area contributed by atoms with Crippen LogP contribution in [0.15, 0.2) is 24.9 Å². The lowest BCUT2D eigenvalue weighted by Gasteiger charge is -2.08. The summed E-state index contributed by atoms with van der Waals surface area (Å²) >= 11 is 0. The van der Waals surface area contributed by atoms with Crippen molar-refractivity contribution in [1.29, 1.82) is 0 Å². The average Bonchev–Trinajstić information content (AvgIpc) is 2.78. The van der Waals surface area contributed by atoms with Crippen LogP contribution in [0.1, 0.15) is 35.9 Å². The van der Waals surface area contributed by atoms with Crippen molar-refractivity contribution in [3.8, 4) is 0 Å². The standard InChI is InChI=1S/C14H18N4O/c1-5-6-15-14(19)11-7-10(4)17-13-12(11)8-16-18(13)9(2)3/h5,7-9H,1,6H2,2-4H3,(H,15,19). The summed E-state index contributed by atoms with van der Waals surface area (Å²) in [5.41, 5.74) is 2.16. The molecule has 1 N–H and O–H groups in total. The first kappa shape index (κ1) is 13.3. The maximum absolute atomic E-state index is 12.1. The van der Waals surface area contributed by atoms with Crippen molar-refractivity contribution < 1.29 is 4.79 Å². The molecule has 1 amide bonds. The predicted molar refractivity (Wildman–Crippen MR) is 75.2 cm³/mol. The Morgan fingerprint density at radius 3 is 2.95 bits per heavy atom. The fraction of sp³-hybridized carbons (Fsp3) is 0.357. The zero-order valence-corrected chi connectivity index (χ0v) is 11.5. The number of hydrogen-bond acceptors (Lipinski definition) is 3. The van der Waals surface area contributed by atoms with Crippen molar-refractivity contribution in [3.63, 3.8) is 0 Å². The van der Waals surface area contributed by atoms with Gasteiger partial charge in [-0.1, -0.05) is 6.08 Å². The molecule has 2 rings (SSSR count). The number of rotatable bonds is 4. The lowest BCUT2D eigenvalue weighted by Crippen LogP contribution is -2.23. The minimum absolute atomic E-state index is 0.126. The van der Waals surface area contributed by atoms with Gasteiger partial charge in [0.25, 0.3) is 5.91 Å². The highest BCUT2D eigenvalue weighted by Gasteiger charge is 2.16. The number of fused-ring (bicyclic) bond motifs is 1. The molecule has 0 fully saturated rings. The van der Waals surface area contributed by atoms with E-state index in [-0.39, 0.29) is 11.9 Å². The molecule has 19 heavy (non-hydrogen) atoms. The Balaban J connectivity index is 2.55. The number of nitrogens with one attached hydrogen (secondary N) is 1. The van der Waals surface area contributed by atoms with Crippen LogP contribution in [0.25, 0.3) is 11.0 Å². The maximum atomic E-state index is 12.1. The van der Waals surface area contributed by atoms with Crippen molar-refractivity contribution in [3.05, 3.63) is 36.2 Å². The number of hydrogen-bond donors (Lipinski definition) is 1. The molecule has 0 bridgehead atoms. The van der Waals surface area contributed by atoms with Crippen LogP contribution in [0.5, 0.6) is 0 Å². The van der Waals surface area contributed by atoms with Crippen LogP contribution < -0.4 is 5.32 Å². The van der Waals surface area contributed by atoms with Gasteiger partial charge < -0.3 is 5.32 Å². The number of aromatic nitrogens is 3. The third-order valence-corrected chi connectivity index (χ3v) is 2.84. The second kappa shape index (κ2) is 5.22. The summed E-state index contributed by atoms with van der Waals surface area (Å²) in [6, 6.07) is 1.99. The molecule has 5 heteroatoms. The Morgan fingerprint density at radius 1 is 1.58 bits per heavy atom. The van der Waals surface area contributed by atoms with Crippen LogP contribution in [-0.4, -0.2) is 27.2 Å². The quantitative estimate of drug-likeness (QED) is 0.855. The molecule has 0 spiro atoms. The van der Waals surface area contributed by atoms with Crippen LogP contribution in [-0.2, 0) is 0 Å². The number of nitrogens with zero attached hydrogens (tertiary/aromatic N) is 3. The minimum Gasteiger partial charge on any atom is -0.349 e. The van der Waals surface area contributed by atoms with Crippen LogP contribution in [0.4, 0.5) is 0 Å². The molecule has 0 atom stereocenters. The van der Waals surface area contributed by atoms with Crippen molar-refractivity contribution in [1.82, 2.24) is 20.1 Å². The summed E-state index contributed by atoms with van der Waals surface area (Å²) in [4.78, 5) is 16.6. The van der Waals surface area contributed by atoms with Crippen LogP contribution in [0, 0.1) is 6.92 Å². The van der Waals surface area contributed by atoms with E-state index in [1.807, 2.05) is 25.5 Å². The Labute approximate surface area is 112 Å². The zero-order valence-electron chi connectivity index (χ0n) is 11.5. The van der Waals surface area contributed by atoms with E-state index in [9.17, 15) is 4.79 Å². The smallest absolute Gasteiger partial charge is 0.252 e. The minimum atomic E-state index is -0.126. The molecule has 0 unspecified atom stereocenters. The summed E-state index contributed by atoms with van der Waals surface area (Å²) in [6.45, 7) is 9.98. The van der Waals surface area contributed by atoms with Gasteiger partial charge in [0.1, 0.15) is 0 Å². The molecule has 0 aliphatic carbocycles. The lowest BCUT2D eigenvalue weighted by atomic mass is 10.1. The van der Waals surface area contributed by atoms with Gasteiger partial charge in [-0.25, -0.2) is 9.67 Å². The first-order valence-electron chi connectivity index (χ1n) is 6.28. The van der Waals surface area contributed by atoms with Gasteiger partial charge in [0.2, 0.25) is 0 Å². The van der Waals surface area contributed by atoms with E-state index < -0.39 is 0 Å². The summed E-state index contributed by atoms with van der Waals surface area (Å²) in [5, 5.41) is 7.88. The number of carbonyl (C=O) groups is 1. The van der Waals surface area contributed by atoms with E-state index in [1.165, 1.54) is 0 Å². The average molecular weight is 258 g/mol. The first-order valence-corrected chi connectivity index (χ1v) is 6.28. The second-order valence-electron chi connectivity index (χ2n) is 4.73. The molecule has 0 aromatic carbocycles.